The van der Waals surface area contributed by atoms with Crippen LogP contribution in [-0.2, 0) is 6.54 Å². The maximum atomic E-state index is 11.6. The maximum absolute atomic E-state index is 11.6. The minimum atomic E-state index is -0.120. The van der Waals surface area contributed by atoms with Crippen LogP contribution in [0.3, 0.4) is 0 Å². The van der Waals surface area contributed by atoms with Crippen molar-refractivity contribution in [1.82, 2.24) is 14.8 Å². The maximum Gasteiger partial charge on any atom is 0.275 e. The van der Waals surface area contributed by atoms with Gasteiger partial charge in [-0.15, -0.1) is 0 Å². The Morgan fingerprint density at radius 2 is 2.24 bits per heavy atom. The molecule has 0 aliphatic carbocycles. The van der Waals surface area contributed by atoms with Gasteiger partial charge in [0.15, 0.2) is 0 Å². The van der Waals surface area contributed by atoms with E-state index in [2.05, 4.69) is 39.9 Å². The Bertz CT molecular complexity index is 723. The third kappa shape index (κ3) is 1.37. The zero-order chi connectivity index (χ0) is 12.0. The molecule has 0 fully saturated rings. The second kappa shape index (κ2) is 3.45. The summed E-state index contributed by atoms with van der Waals surface area (Å²) in [7, 11) is 0. The molecule has 2 aliphatic heterocycles. The fourth-order valence-electron chi connectivity index (χ4n) is 2.24. The van der Waals surface area contributed by atoms with Crippen LogP contribution in [0.25, 0.3) is 22.2 Å². The summed E-state index contributed by atoms with van der Waals surface area (Å²) in [6.45, 7) is 4.94. The van der Waals surface area contributed by atoms with Crippen molar-refractivity contribution in [3.05, 3.63) is 40.3 Å². The Hall–Kier alpha value is -2.10. The molecule has 0 aromatic heterocycles. The van der Waals surface area contributed by atoms with Crippen molar-refractivity contribution in [2.24, 2.45) is 0 Å². The first-order chi connectivity index (χ1) is 8.20. The van der Waals surface area contributed by atoms with E-state index in [4.69, 9.17) is 0 Å². The van der Waals surface area contributed by atoms with Gasteiger partial charge in [-0.05, 0) is 26.0 Å². The predicted octanol–water partition coefficient (Wildman–Crippen LogP) is 2.16. The molecule has 0 amide bonds. The molecule has 2 aliphatic rings. The number of H-pyrrole nitrogens is 1. The Morgan fingerprint density at radius 3 is 3.00 bits per heavy atom. The molecule has 2 heterocycles. The molecule has 1 aromatic carbocycles. The highest BCUT2D eigenvalue weighted by Crippen LogP contribution is 2.27. The first-order valence-corrected chi connectivity index (χ1v) is 5.68. The zero-order valence-corrected chi connectivity index (χ0v) is 9.82. The van der Waals surface area contributed by atoms with Crippen molar-refractivity contribution in [2.45, 2.75) is 20.4 Å². The lowest BCUT2D eigenvalue weighted by molar-refractivity contribution is 0.789. The third-order valence-electron chi connectivity index (χ3n) is 3.11. The van der Waals surface area contributed by atoms with Gasteiger partial charge in [-0.25, -0.2) is 5.10 Å². The van der Waals surface area contributed by atoms with E-state index >= 15 is 0 Å². The van der Waals surface area contributed by atoms with Crippen molar-refractivity contribution < 1.29 is 0 Å². The summed E-state index contributed by atoms with van der Waals surface area (Å²) >= 11 is 0. The smallest absolute Gasteiger partial charge is 0.275 e. The molecule has 0 unspecified atom stereocenters. The molecule has 86 valence electrons. The highest BCUT2D eigenvalue weighted by molar-refractivity contribution is 5.94. The van der Waals surface area contributed by atoms with E-state index < -0.39 is 0 Å². The molecular formula is C13H13N3O. The molecule has 1 N–H and O–H groups in total. The normalized spacial score (nSPS) is 11.4. The van der Waals surface area contributed by atoms with Gasteiger partial charge in [0.2, 0.25) is 0 Å². The van der Waals surface area contributed by atoms with Crippen LogP contribution in [0.1, 0.15) is 12.5 Å². The summed E-state index contributed by atoms with van der Waals surface area (Å²) in [6.07, 6.45) is 1.87. The van der Waals surface area contributed by atoms with Crippen LogP contribution < -0.4 is 5.56 Å². The van der Waals surface area contributed by atoms with Gasteiger partial charge in [0.1, 0.15) is 5.69 Å². The second-order valence-corrected chi connectivity index (χ2v) is 4.25. The summed E-state index contributed by atoms with van der Waals surface area (Å²) < 4.78 is 2.08. The van der Waals surface area contributed by atoms with E-state index in [1.807, 2.05) is 13.1 Å². The predicted molar refractivity (Wildman–Crippen MR) is 67.4 cm³/mol. The Labute approximate surface area is 98.2 Å². The topological polar surface area (TPSA) is 50.7 Å². The van der Waals surface area contributed by atoms with Gasteiger partial charge in [-0.1, -0.05) is 11.6 Å². The van der Waals surface area contributed by atoms with Crippen LogP contribution in [0.4, 0.5) is 0 Å². The second-order valence-electron chi connectivity index (χ2n) is 4.25. The van der Waals surface area contributed by atoms with E-state index in [1.54, 1.807) is 0 Å². The SMILES string of the molecule is CCn1cc2c(=O)[nH]nc-2c2cc(C)ccc21. The molecule has 3 rings (SSSR count). The number of nitrogens with one attached hydrogen (secondary N) is 1. The highest BCUT2D eigenvalue weighted by Gasteiger charge is 2.15. The van der Waals surface area contributed by atoms with Crippen molar-refractivity contribution in [3.8, 4) is 11.3 Å². The lowest BCUT2D eigenvalue weighted by Gasteiger charge is -2.12. The van der Waals surface area contributed by atoms with Gasteiger partial charge in [-0.2, -0.15) is 5.10 Å². The Morgan fingerprint density at radius 1 is 1.41 bits per heavy atom. The quantitative estimate of drug-likeness (QED) is 0.692. The number of benzene rings is 1. The lowest BCUT2D eigenvalue weighted by atomic mass is 10.1. The Kier molecular flexibility index (Phi) is 2.04. The van der Waals surface area contributed by atoms with Crippen molar-refractivity contribution in [2.75, 3.05) is 0 Å². The number of fused-ring (bicyclic) bond motifs is 3. The third-order valence-corrected chi connectivity index (χ3v) is 3.11. The standard InChI is InChI=1S/C13H13N3O/c1-3-16-7-10-12(14-15-13(10)17)9-6-8(2)4-5-11(9)16/h4-7H,3H2,1-2H3,(H,15,17). The molecule has 0 radical (unpaired) electrons. The van der Waals surface area contributed by atoms with Gasteiger partial charge >= 0.3 is 0 Å². The van der Waals surface area contributed by atoms with E-state index in [-0.39, 0.29) is 5.56 Å². The minimum absolute atomic E-state index is 0.120. The van der Waals surface area contributed by atoms with E-state index in [0.29, 0.717) is 5.56 Å². The fraction of sp³-hybridized carbons (Fsp3) is 0.231. The number of pyridine rings is 1. The molecule has 4 heteroatoms. The first kappa shape index (κ1) is 10.1. The molecule has 0 spiro atoms. The molecule has 0 saturated carbocycles. The van der Waals surface area contributed by atoms with Crippen LogP contribution in [0, 0.1) is 6.92 Å². The van der Waals surface area contributed by atoms with Gasteiger partial charge in [-0.3, -0.25) is 4.79 Å². The largest absolute Gasteiger partial charge is 0.347 e. The van der Waals surface area contributed by atoms with Crippen molar-refractivity contribution in [1.29, 1.82) is 0 Å². The molecule has 0 bridgehead atoms. The van der Waals surface area contributed by atoms with Crippen LogP contribution in [0.5, 0.6) is 0 Å². The number of hydrogen-bond donors (Lipinski definition) is 1. The first-order valence-electron chi connectivity index (χ1n) is 5.68. The van der Waals surface area contributed by atoms with Crippen LogP contribution in [0.15, 0.2) is 29.2 Å². The van der Waals surface area contributed by atoms with Crippen molar-refractivity contribution >= 4 is 10.9 Å². The summed E-state index contributed by atoms with van der Waals surface area (Å²) in [4.78, 5) is 11.6. The average molecular weight is 227 g/mol. The zero-order valence-electron chi connectivity index (χ0n) is 9.82. The van der Waals surface area contributed by atoms with Crippen molar-refractivity contribution in [3.63, 3.8) is 0 Å². The molecule has 4 nitrogen and oxygen atoms in total. The fourth-order valence-corrected chi connectivity index (χ4v) is 2.24. The van der Waals surface area contributed by atoms with E-state index in [0.717, 1.165) is 23.1 Å². The monoisotopic (exact) mass is 227 g/mol. The summed E-state index contributed by atoms with van der Waals surface area (Å²) in [5, 5.41) is 7.66. The van der Waals surface area contributed by atoms with Crippen LogP contribution in [0.2, 0.25) is 0 Å². The molecule has 0 atom stereocenters. The highest BCUT2D eigenvalue weighted by atomic mass is 16.1. The molecule has 17 heavy (non-hydrogen) atoms. The summed E-state index contributed by atoms with van der Waals surface area (Å²) in [5.41, 5.74) is 3.58. The number of nitrogens with zero attached hydrogens (tertiary/aromatic N) is 2. The molecule has 0 saturated heterocycles. The van der Waals surface area contributed by atoms with Gasteiger partial charge in [0, 0.05) is 18.1 Å². The number of aromatic amines is 1. The summed E-state index contributed by atoms with van der Waals surface area (Å²) in [5.74, 6) is 0. The number of rotatable bonds is 1. The van der Waals surface area contributed by atoms with E-state index in [9.17, 15) is 4.79 Å². The molecule has 1 aromatic rings. The van der Waals surface area contributed by atoms with Gasteiger partial charge in [0.25, 0.3) is 5.56 Å². The summed E-state index contributed by atoms with van der Waals surface area (Å²) in [6, 6.07) is 6.22. The van der Waals surface area contributed by atoms with Gasteiger partial charge < -0.3 is 4.57 Å². The van der Waals surface area contributed by atoms with Crippen LogP contribution in [-0.4, -0.2) is 14.8 Å². The number of aryl methyl sites for hydroxylation is 2. The molecular weight excluding hydrogens is 214 g/mol. The van der Waals surface area contributed by atoms with Crippen LogP contribution >= 0.6 is 0 Å². The Balaban J connectivity index is 2.56. The minimum Gasteiger partial charge on any atom is -0.347 e. The average Bonchev–Trinajstić information content (AvgIpc) is 2.70. The van der Waals surface area contributed by atoms with E-state index in [1.165, 1.54) is 5.56 Å². The number of hydrogen-bond acceptors (Lipinski definition) is 2. The lowest BCUT2D eigenvalue weighted by Crippen LogP contribution is -2.05. The number of aromatic nitrogens is 3. The van der Waals surface area contributed by atoms with Gasteiger partial charge in [0.05, 0.1) is 11.1 Å².